The fourth-order valence-corrected chi connectivity index (χ4v) is 2.68. The third kappa shape index (κ3) is 3.56. The largest absolute Gasteiger partial charge is 0.415 e. The van der Waals surface area contributed by atoms with Crippen LogP contribution in [0.1, 0.15) is 24.4 Å². The fraction of sp³-hybridized carbons (Fsp3) is 0.222. The van der Waals surface area contributed by atoms with Gasteiger partial charge >= 0.3 is 6.09 Å². The van der Waals surface area contributed by atoms with Gasteiger partial charge in [0.15, 0.2) is 0 Å². The normalized spacial score (nSPS) is 17.9. The second-order valence-corrected chi connectivity index (χ2v) is 5.43. The minimum Gasteiger partial charge on any atom is -0.410 e. The summed E-state index contributed by atoms with van der Waals surface area (Å²) in [6, 6.07) is 14.2. The van der Waals surface area contributed by atoms with Gasteiger partial charge in [-0.1, -0.05) is 30.3 Å². The maximum Gasteiger partial charge on any atom is 0.415 e. The summed E-state index contributed by atoms with van der Waals surface area (Å²) in [6.07, 6.45) is 0.0231. The number of para-hydroxylation sites is 1. The van der Waals surface area contributed by atoms with Gasteiger partial charge in [-0.25, -0.2) is 9.18 Å². The van der Waals surface area contributed by atoms with Gasteiger partial charge in [0.25, 0.3) is 0 Å². The lowest BCUT2D eigenvalue weighted by Crippen LogP contribution is -2.42. The first-order valence-electron chi connectivity index (χ1n) is 7.44. The zero-order valence-corrected chi connectivity index (χ0v) is 12.4. The number of hydrogen-bond acceptors (Lipinski definition) is 3. The molecule has 2 aromatic rings. The Labute approximate surface area is 133 Å². The third-order valence-electron chi connectivity index (χ3n) is 3.87. The number of piperidine rings is 1. The number of Topliss-reactive ketones (excluding diaryl/α,β-unsaturated/α-hetero) is 1. The Bertz CT molecular complexity index is 700. The van der Waals surface area contributed by atoms with Gasteiger partial charge < -0.3 is 4.74 Å². The maximum absolute atomic E-state index is 13.1. The quantitative estimate of drug-likeness (QED) is 0.848. The molecule has 118 valence electrons. The Morgan fingerprint density at radius 2 is 1.78 bits per heavy atom. The van der Waals surface area contributed by atoms with Crippen LogP contribution in [0.5, 0.6) is 5.75 Å². The van der Waals surface area contributed by atoms with Crippen LogP contribution in [0.3, 0.4) is 0 Å². The lowest BCUT2D eigenvalue weighted by molar-refractivity contribution is -0.122. The highest BCUT2D eigenvalue weighted by Gasteiger charge is 2.32. The number of rotatable bonds is 2. The molecule has 1 fully saturated rings. The summed E-state index contributed by atoms with van der Waals surface area (Å²) in [7, 11) is 0. The van der Waals surface area contributed by atoms with E-state index in [9.17, 15) is 14.0 Å². The number of carbonyl (C=O) groups excluding carboxylic acids is 2. The predicted molar refractivity (Wildman–Crippen MR) is 82.6 cm³/mol. The lowest BCUT2D eigenvalue weighted by Gasteiger charge is -2.34. The summed E-state index contributed by atoms with van der Waals surface area (Å²) in [4.78, 5) is 25.8. The van der Waals surface area contributed by atoms with E-state index >= 15 is 0 Å². The van der Waals surface area contributed by atoms with Gasteiger partial charge in [0.05, 0.1) is 6.04 Å². The Balaban J connectivity index is 1.81. The molecule has 0 saturated carbocycles. The summed E-state index contributed by atoms with van der Waals surface area (Å²) in [5.41, 5.74) is 0.726. The topological polar surface area (TPSA) is 46.6 Å². The lowest BCUT2D eigenvalue weighted by atomic mass is 9.95. The van der Waals surface area contributed by atoms with Crippen molar-refractivity contribution in [3.8, 4) is 5.75 Å². The first kappa shape index (κ1) is 15.2. The van der Waals surface area contributed by atoms with Crippen LogP contribution in [0, 0.1) is 5.82 Å². The molecule has 1 heterocycles. The standard InChI is InChI=1S/C18H16FNO3/c19-14-8-6-13(7-9-14)17-12-15(21)10-11-20(17)18(22)23-16-4-2-1-3-5-16/h1-9,17H,10-12H2. The highest BCUT2D eigenvalue weighted by Crippen LogP contribution is 2.30. The summed E-state index contributed by atoms with van der Waals surface area (Å²) in [5, 5.41) is 0. The van der Waals surface area contributed by atoms with Gasteiger partial charge in [0, 0.05) is 19.4 Å². The highest BCUT2D eigenvalue weighted by molar-refractivity contribution is 5.83. The molecule has 23 heavy (non-hydrogen) atoms. The molecular formula is C18H16FNO3. The van der Waals surface area contributed by atoms with E-state index in [0.717, 1.165) is 5.56 Å². The van der Waals surface area contributed by atoms with E-state index in [1.807, 2.05) is 6.07 Å². The van der Waals surface area contributed by atoms with Crippen molar-refractivity contribution in [2.45, 2.75) is 18.9 Å². The van der Waals surface area contributed by atoms with E-state index in [-0.39, 0.29) is 18.0 Å². The Hall–Kier alpha value is -2.69. The number of amides is 1. The molecule has 0 aliphatic carbocycles. The van der Waals surface area contributed by atoms with E-state index in [0.29, 0.717) is 18.7 Å². The molecule has 4 nitrogen and oxygen atoms in total. The number of nitrogens with zero attached hydrogens (tertiary/aromatic N) is 1. The van der Waals surface area contributed by atoms with Crippen LogP contribution >= 0.6 is 0 Å². The molecule has 1 aliphatic heterocycles. The van der Waals surface area contributed by atoms with E-state index in [2.05, 4.69) is 0 Å². The molecule has 0 N–H and O–H groups in total. The smallest absolute Gasteiger partial charge is 0.410 e. The molecule has 1 atom stereocenters. The molecule has 0 radical (unpaired) electrons. The average molecular weight is 313 g/mol. The third-order valence-corrected chi connectivity index (χ3v) is 3.87. The van der Waals surface area contributed by atoms with Gasteiger partial charge in [0.1, 0.15) is 17.3 Å². The van der Waals surface area contributed by atoms with E-state index in [1.165, 1.54) is 17.0 Å². The number of benzene rings is 2. The van der Waals surface area contributed by atoms with E-state index in [1.54, 1.807) is 36.4 Å². The van der Waals surface area contributed by atoms with Gasteiger partial charge in [0.2, 0.25) is 0 Å². The molecule has 1 amide bonds. The zero-order valence-electron chi connectivity index (χ0n) is 12.4. The molecular weight excluding hydrogens is 297 g/mol. The zero-order chi connectivity index (χ0) is 16.2. The minimum atomic E-state index is -0.502. The van der Waals surface area contributed by atoms with Crippen molar-refractivity contribution in [2.24, 2.45) is 0 Å². The molecule has 1 aliphatic rings. The second kappa shape index (κ2) is 6.60. The average Bonchev–Trinajstić information content (AvgIpc) is 2.56. The summed E-state index contributed by atoms with van der Waals surface area (Å²) in [6.45, 7) is 0.298. The van der Waals surface area contributed by atoms with Crippen LogP contribution in [-0.4, -0.2) is 23.3 Å². The van der Waals surface area contributed by atoms with Crippen LogP contribution in [0.25, 0.3) is 0 Å². The predicted octanol–water partition coefficient (Wildman–Crippen LogP) is 3.73. The minimum absolute atomic E-state index is 0.0862. The fourth-order valence-electron chi connectivity index (χ4n) is 2.68. The van der Waals surface area contributed by atoms with Gasteiger partial charge in [-0.05, 0) is 29.8 Å². The maximum atomic E-state index is 13.1. The van der Waals surface area contributed by atoms with E-state index in [4.69, 9.17) is 4.74 Å². The summed E-state index contributed by atoms with van der Waals surface area (Å²) >= 11 is 0. The number of halogens is 1. The van der Waals surface area contributed by atoms with Crippen LogP contribution < -0.4 is 4.74 Å². The summed E-state index contributed by atoms with van der Waals surface area (Å²) < 4.78 is 18.5. The molecule has 0 aromatic heterocycles. The van der Waals surface area contributed by atoms with Gasteiger partial charge in [-0.2, -0.15) is 0 Å². The van der Waals surface area contributed by atoms with Crippen molar-refractivity contribution in [3.63, 3.8) is 0 Å². The van der Waals surface area contributed by atoms with Crippen molar-refractivity contribution in [3.05, 3.63) is 66.0 Å². The van der Waals surface area contributed by atoms with Crippen LogP contribution in [-0.2, 0) is 4.79 Å². The second-order valence-electron chi connectivity index (χ2n) is 5.43. The van der Waals surface area contributed by atoms with Crippen molar-refractivity contribution in [1.29, 1.82) is 0 Å². The van der Waals surface area contributed by atoms with E-state index < -0.39 is 12.1 Å². The molecule has 3 rings (SSSR count). The van der Waals surface area contributed by atoms with Crippen LogP contribution in [0.4, 0.5) is 9.18 Å². The number of likely N-dealkylation sites (tertiary alicyclic amines) is 1. The molecule has 1 unspecified atom stereocenters. The van der Waals surface area contributed by atoms with Crippen LogP contribution in [0.2, 0.25) is 0 Å². The molecule has 1 saturated heterocycles. The first-order valence-corrected chi connectivity index (χ1v) is 7.44. The number of hydrogen-bond donors (Lipinski definition) is 0. The summed E-state index contributed by atoms with van der Waals surface area (Å²) in [5.74, 6) is 0.185. The Morgan fingerprint density at radius 1 is 1.09 bits per heavy atom. The number of carbonyl (C=O) groups is 2. The molecule has 0 spiro atoms. The van der Waals surface area contributed by atoms with Crippen molar-refractivity contribution >= 4 is 11.9 Å². The monoisotopic (exact) mass is 313 g/mol. The molecule has 0 bridgehead atoms. The van der Waals surface area contributed by atoms with Crippen molar-refractivity contribution in [1.82, 2.24) is 4.90 Å². The Kier molecular flexibility index (Phi) is 4.37. The number of ether oxygens (including phenoxy) is 1. The van der Waals surface area contributed by atoms with Crippen molar-refractivity contribution < 1.29 is 18.7 Å². The molecule has 5 heteroatoms. The SMILES string of the molecule is O=C1CCN(C(=O)Oc2ccccc2)C(c2ccc(F)cc2)C1. The van der Waals surface area contributed by atoms with Crippen molar-refractivity contribution in [2.75, 3.05) is 6.54 Å². The van der Waals surface area contributed by atoms with Gasteiger partial charge in [-0.15, -0.1) is 0 Å². The number of ketones is 1. The van der Waals surface area contributed by atoms with Crippen LogP contribution in [0.15, 0.2) is 54.6 Å². The van der Waals surface area contributed by atoms with Gasteiger partial charge in [-0.3, -0.25) is 9.69 Å². The first-order chi connectivity index (χ1) is 11.1. The Morgan fingerprint density at radius 3 is 2.48 bits per heavy atom. The highest BCUT2D eigenvalue weighted by atomic mass is 19.1. The molecule has 2 aromatic carbocycles.